The number of rotatable bonds is 11. The quantitative estimate of drug-likeness (QED) is 0.565. The first-order chi connectivity index (χ1) is 9.22. The van der Waals surface area contributed by atoms with Crippen LogP contribution in [0.2, 0.25) is 0 Å². The molecular formula is C16H31NOS. The van der Waals surface area contributed by atoms with Gasteiger partial charge in [0, 0.05) is 17.7 Å². The third kappa shape index (κ3) is 8.56. The van der Waals surface area contributed by atoms with Gasteiger partial charge in [-0.25, -0.2) is 0 Å². The lowest BCUT2D eigenvalue weighted by molar-refractivity contribution is -0.119. The summed E-state index contributed by atoms with van der Waals surface area (Å²) in [6.45, 7) is 4.62. The number of thioether (sulfide) groups is 1. The number of nitrogens with one attached hydrogen (secondary N) is 1. The summed E-state index contributed by atoms with van der Waals surface area (Å²) in [5, 5.41) is 3.83. The lowest BCUT2D eigenvalue weighted by Crippen LogP contribution is -2.25. The maximum Gasteiger partial charge on any atom is 0.220 e. The molecule has 1 amide bonds. The molecule has 0 aromatic carbocycles. The molecule has 2 nitrogen and oxygen atoms in total. The Morgan fingerprint density at radius 3 is 2.74 bits per heavy atom. The van der Waals surface area contributed by atoms with E-state index in [-0.39, 0.29) is 5.91 Å². The fraction of sp³-hybridized carbons (Fsp3) is 0.938. The molecule has 1 rings (SSSR count). The predicted octanol–water partition coefficient (Wildman–Crippen LogP) is 4.53. The van der Waals surface area contributed by atoms with Crippen LogP contribution < -0.4 is 5.32 Å². The highest BCUT2D eigenvalue weighted by atomic mass is 32.2. The van der Waals surface area contributed by atoms with Crippen LogP contribution in [-0.2, 0) is 4.79 Å². The van der Waals surface area contributed by atoms with Crippen molar-refractivity contribution in [2.24, 2.45) is 0 Å². The van der Waals surface area contributed by atoms with E-state index in [0.717, 1.165) is 18.1 Å². The molecule has 0 bridgehead atoms. The van der Waals surface area contributed by atoms with E-state index in [2.05, 4.69) is 30.9 Å². The molecule has 1 N–H and O–H groups in total. The van der Waals surface area contributed by atoms with Gasteiger partial charge in [-0.3, -0.25) is 4.79 Å². The number of carbonyl (C=O) groups excluding carboxylic acids is 1. The molecule has 0 aromatic rings. The van der Waals surface area contributed by atoms with Gasteiger partial charge in [0.2, 0.25) is 5.91 Å². The largest absolute Gasteiger partial charge is 0.353 e. The van der Waals surface area contributed by atoms with Crippen LogP contribution in [0, 0.1) is 0 Å². The number of hydrogen-bond acceptors (Lipinski definition) is 2. The van der Waals surface area contributed by atoms with Crippen LogP contribution in [0.3, 0.4) is 0 Å². The fourth-order valence-electron chi connectivity index (χ4n) is 2.62. The molecule has 2 unspecified atom stereocenters. The molecule has 0 aliphatic carbocycles. The number of carbonyl (C=O) groups is 1. The minimum absolute atomic E-state index is 0.250. The third-order valence-corrected chi connectivity index (χ3v) is 5.23. The van der Waals surface area contributed by atoms with Crippen LogP contribution in [0.1, 0.15) is 78.1 Å². The highest BCUT2D eigenvalue weighted by Gasteiger charge is 2.20. The summed E-state index contributed by atoms with van der Waals surface area (Å²) in [6.07, 6.45) is 12.5. The number of hydrogen-bond donors (Lipinski definition) is 1. The summed E-state index contributed by atoms with van der Waals surface area (Å²) in [5.74, 6) is 1.57. The van der Waals surface area contributed by atoms with Crippen LogP contribution >= 0.6 is 11.8 Å². The molecule has 0 aromatic heterocycles. The second kappa shape index (κ2) is 10.6. The van der Waals surface area contributed by atoms with Crippen molar-refractivity contribution >= 4 is 17.7 Å². The Balaban J connectivity index is 1.87. The molecule has 1 heterocycles. The van der Waals surface area contributed by atoms with Crippen molar-refractivity contribution in [3.8, 4) is 0 Å². The lowest BCUT2D eigenvalue weighted by Gasteiger charge is -2.13. The standard InChI is InChI=1S/C16H31NOS/c1-3-4-5-6-7-13-19-14(2)9-8-10-15-11-12-16(18)17-15/h14-15H,3-13H2,1-2H3,(H,17,18). The summed E-state index contributed by atoms with van der Waals surface area (Å²) in [5.41, 5.74) is 0. The van der Waals surface area contributed by atoms with E-state index < -0.39 is 0 Å². The Morgan fingerprint density at radius 2 is 2.05 bits per heavy atom. The van der Waals surface area contributed by atoms with Crippen LogP contribution in [0.25, 0.3) is 0 Å². The maximum absolute atomic E-state index is 11.1. The monoisotopic (exact) mass is 285 g/mol. The lowest BCUT2D eigenvalue weighted by atomic mass is 10.1. The Hall–Kier alpha value is -0.180. The third-order valence-electron chi connectivity index (χ3n) is 3.90. The van der Waals surface area contributed by atoms with E-state index in [1.807, 2.05) is 0 Å². The van der Waals surface area contributed by atoms with Crippen molar-refractivity contribution in [2.75, 3.05) is 5.75 Å². The molecule has 1 aliphatic rings. The normalized spacial score (nSPS) is 20.5. The smallest absolute Gasteiger partial charge is 0.220 e. The minimum Gasteiger partial charge on any atom is -0.353 e. The average Bonchev–Trinajstić information content (AvgIpc) is 2.79. The minimum atomic E-state index is 0.250. The van der Waals surface area contributed by atoms with Gasteiger partial charge in [-0.1, -0.05) is 46.0 Å². The Kier molecular flexibility index (Phi) is 9.40. The Morgan fingerprint density at radius 1 is 1.26 bits per heavy atom. The fourth-order valence-corrected chi connectivity index (χ4v) is 3.73. The second-order valence-corrected chi connectivity index (χ2v) is 7.38. The van der Waals surface area contributed by atoms with Crippen molar-refractivity contribution < 1.29 is 4.79 Å². The van der Waals surface area contributed by atoms with E-state index in [0.29, 0.717) is 6.04 Å². The van der Waals surface area contributed by atoms with Gasteiger partial charge < -0.3 is 5.32 Å². The van der Waals surface area contributed by atoms with Crippen molar-refractivity contribution in [1.82, 2.24) is 5.32 Å². The molecule has 3 heteroatoms. The first-order valence-corrected chi connectivity index (χ1v) is 9.18. The van der Waals surface area contributed by atoms with Gasteiger partial charge >= 0.3 is 0 Å². The van der Waals surface area contributed by atoms with Crippen molar-refractivity contribution in [3.63, 3.8) is 0 Å². The van der Waals surface area contributed by atoms with Gasteiger partial charge in [0.1, 0.15) is 0 Å². The summed E-state index contributed by atoms with van der Waals surface area (Å²) >= 11 is 2.13. The first kappa shape index (κ1) is 16.9. The van der Waals surface area contributed by atoms with Gasteiger partial charge in [0.25, 0.3) is 0 Å². The molecule has 0 radical (unpaired) electrons. The highest BCUT2D eigenvalue weighted by Crippen LogP contribution is 2.21. The Bertz CT molecular complexity index is 245. The van der Waals surface area contributed by atoms with E-state index in [1.54, 1.807) is 0 Å². The van der Waals surface area contributed by atoms with E-state index in [1.165, 1.54) is 57.1 Å². The molecule has 1 fully saturated rings. The number of unbranched alkanes of at least 4 members (excludes halogenated alkanes) is 4. The van der Waals surface area contributed by atoms with Gasteiger partial charge in [0.05, 0.1) is 0 Å². The van der Waals surface area contributed by atoms with Crippen molar-refractivity contribution in [1.29, 1.82) is 0 Å². The molecule has 19 heavy (non-hydrogen) atoms. The van der Waals surface area contributed by atoms with Gasteiger partial charge in [0.15, 0.2) is 0 Å². The Labute approximate surface area is 123 Å². The maximum atomic E-state index is 11.1. The molecular weight excluding hydrogens is 254 g/mol. The van der Waals surface area contributed by atoms with E-state index in [9.17, 15) is 4.79 Å². The van der Waals surface area contributed by atoms with Crippen LogP contribution in [-0.4, -0.2) is 23.0 Å². The van der Waals surface area contributed by atoms with Crippen LogP contribution in [0.15, 0.2) is 0 Å². The number of amides is 1. The van der Waals surface area contributed by atoms with Gasteiger partial charge in [-0.05, 0) is 31.4 Å². The second-order valence-electron chi connectivity index (χ2n) is 5.83. The van der Waals surface area contributed by atoms with Crippen LogP contribution in [0.4, 0.5) is 0 Å². The molecule has 112 valence electrons. The first-order valence-electron chi connectivity index (χ1n) is 8.13. The highest BCUT2D eigenvalue weighted by molar-refractivity contribution is 7.99. The molecule has 1 saturated heterocycles. The van der Waals surface area contributed by atoms with Gasteiger partial charge in [-0.15, -0.1) is 0 Å². The summed E-state index contributed by atoms with van der Waals surface area (Å²) in [4.78, 5) is 11.1. The zero-order chi connectivity index (χ0) is 13.9. The van der Waals surface area contributed by atoms with Crippen molar-refractivity contribution in [3.05, 3.63) is 0 Å². The molecule has 0 saturated carbocycles. The summed E-state index contributed by atoms with van der Waals surface area (Å²) < 4.78 is 0. The molecule has 1 aliphatic heterocycles. The topological polar surface area (TPSA) is 29.1 Å². The zero-order valence-electron chi connectivity index (χ0n) is 12.7. The molecule has 0 spiro atoms. The van der Waals surface area contributed by atoms with Crippen LogP contribution in [0.5, 0.6) is 0 Å². The van der Waals surface area contributed by atoms with E-state index >= 15 is 0 Å². The average molecular weight is 285 g/mol. The van der Waals surface area contributed by atoms with Crippen molar-refractivity contribution in [2.45, 2.75) is 89.3 Å². The zero-order valence-corrected chi connectivity index (χ0v) is 13.6. The predicted molar refractivity (Wildman–Crippen MR) is 85.7 cm³/mol. The SMILES string of the molecule is CCCCCCCSC(C)CCCC1CCC(=O)N1. The van der Waals surface area contributed by atoms with E-state index in [4.69, 9.17) is 0 Å². The summed E-state index contributed by atoms with van der Waals surface area (Å²) in [6, 6.07) is 0.471. The summed E-state index contributed by atoms with van der Waals surface area (Å²) in [7, 11) is 0. The van der Waals surface area contributed by atoms with Gasteiger partial charge in [-0.2, -0.15) is 11.8 Å². The molecule has 2 atom stereocenters.